The van der Waals surface area contributed by atoms with Gasteiger partial charge in [-0.25, -0.2) is 4.79 Å². The molecule has 0 saturated heterocycles. The number of fused-ring (bicyclic) bond motifs is 1. The van der Waals surface area contributed by atoms with Gasteiger partial charge in [-0.1, -0.05) is 44.2 Å². The third kappa shape index (κ3) is 6.11. The normalized spacial score (nSPS) is 14.5. The predicted octanol–water partition coefficient (Wildman–Crippen LogP) is 2.47. The lowest BCUT2D eigenvalue weighted by Gasteiger charge is -2.23. The van der Waals surface area contributed by atoms with E-state index in [0.29, 0.717) is 30.4 Å². The van der Waals surface area contributed by atoms with Gasteiger partial charge in [0.25, 0.3) is 5.91 Å². The maximum Gasteiger partial charge on any atom is 0.404 e. The first-order chi connectivity index (χ1) is 14.8. The van der Waals surface area contributed by atoms with Crippen LogP contribution in [-0.2, 0) is 6.42 Å². The maximum atomic E-state index is 12.6. The summed E-state index contributed by atoms with van der Waals surface area (Å²) in [6.07, 6.45) is -2.01. The highest BCUT2D eigenvalue weighted by molar-refractivity contribution is 5.95. The van der Waals surface area contributed by atoms with E-state index in [-0.39, 0.29) is 12.5 Å². The van der Waals surface area contributed by atoms with Crippen molar-refractivity contribution in [2.24, 2.45) is 5.92 Å². The van der Waals surface area contributed by atoms with Gasteiger partial charge >= 0.3 is 6.09 Å². The Morgan fingerprint density at radius 2 is 1.90 bits per heavy atom. The number of aliphatic hydroxyl groups excluding tert-OH is 1. The predicted molar refractivity (Wildman–Crippen MR) is 118 cm³/mol. The number of benzene rings is 2. The summed E-state index contributed by atoms with van der Waals surface area (Å²) in [5, 5.41) is 24.6. The molecule has 1 aliphatic heterocycles. The first-order valence-electron chi connectivity index (χ1n) is 10.3. The van der Waals surface area contributed by atoms with E-state index in [2.05, 4.69) is 29.4 Å². The van der Waals surface area contributed by atoms with E-state index in [0.717, 1.165) is 17.8 Å². The Hall–Kier alpha value is -3.26. The minimum atomic E-state index is -1.23. The second-order valence-electron chi connectivity index (χ2n) is 8.10. The Kier molecular flexibility index (Phi) is 7.36. The molecule has 1 aliphatic rings. The summed E-state index contributed by atoms with van der Waals surface area (Å²) in [5.74, 6) is 0.784. The highest BCUT2D eigenvalue weighted by atomic mass is 16.5. The molecule has 0 bridgehead atoms. The number of hydrogen-bond acceptors (Lipinski definition) is 5. The minimum absolute atomic E-state index is 0.0893. The van der Waals surface area contributed by atoms with Crippen molar-refractivity contribution in [1.29, 1.82) is 0 Å². The number of ether oxygens (including phenoxy) is 1. The lowest BCUT2D eigenvalue weighted by Crippen LogP contribution is -2.49. The smallest absolute Gasteiger partial charge is 0.404 e. The molecule has 0 unspecified atom stereocenters. The molecule has 1 heterocycles. The van der Waals surface area contributed by atoms with Gasteiger partial charge in [-0.2, -0.15) is 0 Å². The van der Waals surface area contributed by atoms with Crippen molar-refractivity contribution < 1.29 is 24.5 Å². The molecule has 0 fully saturated rings. The third-order valence-corrected chi connectivity index (χ3v) is 5.07. The topological polar surface area (TPSA) is 111 Å². The van der Waals surface area contributed by atoms with Crippen LogP contribution in [0.4, 0.5) is 10.5 Å². The fraction of sp³-hybridized carbons (Fsp3) is 0.391. The second-order valence-corrected chi connectivity index (χ2v) is 8.10. The molecular weight excluding hydrogens is 398 g/mol. The van der Waals surface area contributed by atoms with Crippen LogP contribution in [0.2, 0.25) is 0 Å². The molecule has 2 atom stereocenters. The average molecular weight is 428 g/mol. The number of carbonyl (C=O) groups is 2. The standard InChI is InChI=1S/C23H29N3O5/c1-15(2)13-26-14-31-21-11-17(8-9-19(21)26)22(28)24-12-20(27)18(25-23(29)30)10-16-6-4-3-5-7-16/h3-9,11,15,18,20,25,27H,10,12-14H2,1-2H3,(H,24,28)(H,29,30)/t18-,20-/m0/s1. The van der Waals surface area contributed by atoms with Gasteiger partial charge < -0.3 is 30.5 Å². The molecule has 2 aromatic rings. The lowest BCUT2D eigenvalue weighted by atomic mass is 10.0. The largest absolute Gasteiger partial charge is 0.471 e. The summed E-state index contributed by atoms with van der Waals surface area (Å²) >= 11 is 0. The molecule has 8 heteroatoms. The van der Waals surface area contributed by atoms with Crippen LogP contribution >= 0.6 is 0 Å². The van der Waals surface area contributed by atoms with Crippen LogP contribution in [0.25, 0.3) is 0 Å². The number of anilines is 1. The van der Waals surface area contributed by atoms with E-state index < -0.39 is 18.2 Å². The Bertz CT molecular complexity index is 903. The molecule has 0 saturated carbocycles. The van der Waals surface area contributed by atoms with E-state index in [1.54, 1.807) is 12.1 Å². The number of nitrogens with zero attached hydrogens (tertiary/aromatic N) is 1. The average Bonchev–Trinajstić information content (AvgIpc) is 3.13. The molecule has 0 aliphatic carbocycles. The zero-order valence-electron chi connectivity index (χ0n) is 17.7. The quantitative estimate of drug-likeness (QED) is 0.489. The van der Waals surface area contributed by atoms with Crippen LogP contribution in [0.3, 0.4) is 0 Å². The SMILES string of the molecule is CC(C)CN1COc2cc(C(=O)NC[C@H](O)[C@H](Cc3ccccc3)NC(=O)O)ccc21. The second kappa shape index (κ2) is 10.2. The van der Waals surface area contributed by atoms with Crippen LogP contribution in [0.15, 0.2) is 48.5 Å². The molecule has 2 aromatic carbocycles. The number of carboxylic acid groups (broad SMARTS) is 1. The zero-order chi connectivity index (χ0) is 22.4. The summed E-state index contributed by atoms with van der Waals surface area (Å²) < 4.78 is 5.70. The van der Waals surface area contributed by atoms with Crippen molar-refractivity contribution in [3.05, 3.63) is 59.7 Å². The lowest BCUT2D eigenvalue weighted by molar-refractivity contribution is 0.0874. The number of carbonyl (C=O) groups excluding carboxylic acids is 1. The van der Waals surface area contributed by atoms with Crippen molar-refractivity contribution in [2.75, 3.05) is 24.7 Å². The van der Waals surface area contributed by atoms with E-state index in [4.69, 9.17) is 9.84 Å². The summed E-state index contributed by atoms with van der Waals surface area (Å²) in [7, 11) is 0. The van der Waals surface area contributed by atoms with E-state index >= 15 is 0 Å². The Morgan fingerprint density at radius 1 is 1.16 bits per heavy atom. The molecule has 0 spiro atoms. The highest BCUT2D eigenvalue weighted by Gasteiger charge is 2.24. The molecule has 4 N–H and O–H groups in total. The van der Waals surface area contributed by atoms with Crippen molar-refractivity contribution >= 4 is 17.7 Å². The number of nitrogens with one attached hydrogen (secondary N) is 2. The van der Waals surface area contributed by atoms with Crippen LogP contribution in [0.5, 0.6) is 5.75 Å². The van der Waals surface area contributed by atoms with Crippen LogP contribution in [0, 0.1) is 5.92 Å². The van der Waals surface area contributed by atoms with Gasteiger partial charge in [-0.3, -0.25) is 4.79 Å². The Morgan fingerprint density at radius 3 is 2.58 bits per heavy atom. The first kappa shape index (κ1) is 22.4. The molecule has 2 amide bonds. The number of hydrogen-bond donors (Lipinski definition) is 4. The maximum absolute atomic E-state index is 12.6. The van der Waals surface area contributed by atoms with Gasteiger partial charge in [-0.15, -0.1) is 0 Å². The van der Waals surface area contributed by atoms with Crippen molar-refractivity contribution in [1.82, 2.24) is 10.6 Å². The van der Waals surface area contributed by atoms with Crippen LogP contribution in [0.1, 0.15) is 29.8 Å². The molecule has 31 heavy (non-hydrogen) atoms. The van der Waals surface area contributed by atoms with Gasteiger partial charge in [0.05, 0.1) is 17.8 Å². The molecule has 0 aromatic heterocycles. The summed E-state index contributed by atoms with van der Waals surface area (Å²) in [4.78, 5) is 25.8. The van der Waals surface area contributed by atoms with E-state index in [1.807, 2.05) is 36.4 Å². The first-order valence-corrected chi connectivity index (χ1v) is 10.3. The third-order valence-electron chi connectivity index (χ3n) is 5.07. The molecule has 3 rings (SSSR count). The van der Waals surface area contributed by atoms with Crippen molar-refractivity contribution in [2.45, 2.75) is 32.4 Å². The highest BCUT2D eigenvalue weighted by Crippen LogP contribution is 2.35. The summed E-state index contributed by atoms with van der Waals surface area (Å²) in [5.41, 5.74) is 2.26. The van der Waals surface area contributed by atoms with Crippen LogP contribution < -0.4 is 20.3 Å². The van der Waals surface area contributed by atoms with E-state index in [9.17, 15) is 14.7 Å². The van der Waals surface area contributed by atoms with Crippen LogP contribution in [-0.4, -0.2) is 54.2 Å². The Balaban J connectivity index is 1.60. The molecule has 8 nitrogen and oxygen atoms in total. The van der Waals surface area contributed by atoms with Gasteiger partial charge in [-0.05, 0) is 36.1 Å². The molecular formula is C23H29N3O5. The van der Waals surface area contributed by atoms with Crippen molar-refractivity contribution in [3.8, 4) is 5.75 Å². The van der Waals surface area contributed by atoms with E-state index in [1.165, 1.54) is 0 Å². The molecule has 0 radical (unpaired) electrons. The fourth-order valence-corrected chi connectivity index (χ4v) is 3.59. The Labute approximate surface area is 181 Å². The number of amides is 2. The number of aliphatic hydroxyl groups is 1. The van der Waals surface area contributed by atoms with Gasteiger partial charge in [0, 0.05) is 18.7 Å². The molecule has 166 valence electrons. The van der Waals surface area contributed by atoms with Gasteiger partial charge in [0.1, 0.15) is 5.75 Å². The minimum Gasteiger partial charge on any atom is -0.471 e. The van der Waals surface area contributed by atoms with Crippen molar-refractivity contribution in [3.63, 3.8) is 0 Å². The monoisotopic (exact) mass is 427 g/mol. The fourth-order valence-electron chi connectivity index (χ4n) is 3.59. The van der Waals surface area contributed by atoms with Gasteiger partial charge in [0.15, 0.2) is 6.73 Å². The number of rotatable bonds is 9. The van der Waals surface area contributed by atoms with Gasteiger partial charge in [0.2, 0.25) is 0 Å². The summed E-state index contributed by atoms with van der Waals surface area (Å²) in [6, 6.07) is 13.8. The zero-order valence-corrected chi connectivity index (χ0v) is 17.7. The summed E-state index contributed by atoms with van der Waals surface area (Å²) in [6.45, 7) is 5.50.